The summed E-state index contributed by atoms with van der Waals surface area (Å²) in [6.07, 6.45) is 4.18. The standard InChI is InChI=1S/C18H27N3/c1-6-15-9-8-10-16(7-2)17(15)20-18-19-14(5)12-21(18)11-13(3)4/h8-10,12-13H,6-7,11H2,1-5H3,(H,19,20). The molecule has 3 nitrogen and oxygen atoms in total. The molecule has 1 heterocycles. The first kappa shape index (κ1) is 15.6. The Balaban J connectivity index is 2.38. The molecule has 0 unspecified atom stereocenters. The van der Waals surface area contributed by atoms with Gasteiger partial charge in [-0.1, -0.05) is 45.9 Å². The van der Waals surface area contributed by atoms with Crippen LogP contribution in [0, 0.1) is 12.8 Å². The number of aryl methyl sites for hydroxylation is 3. The van der Waals surface area contributed by atoms with Crippen molar-refractivity contribution in [3.63, 3.8) is 0 Å². The predicted molar refractivity (Wildman–Crippen MR) is 90.3 cm³/mol. The summed E-state index contributed by atoms with van der Waals surface area (Å²) in [4.78, 5) is 4.66. The molecule has 0 radical (unpaired) electrons. The van der Waals surface area contributed by atoms with Crippen molar-refractivity contribution in [2.24, 2.45) is 5.92 Å². The molecule has 0 spiro atoms. The van der Waals surface area contributed by atoms with E-state index in [0.29, 0.717) is 5.92 Å². The first-order valence-corrected chi connectivity index (χ1v) is 7.96. The van der Waals surface area contributed by atoms with Gasteiger partial charge in [-0.15, -0.1) is 0 Å². The van der Waals surface area contributed by atoms with Crippen LogP contribution in [0.5, 0.6) is 0 Å². The summed E-state index contributed by atoms with van der Waals surface area (Å²) in [5.74, 6) is 1.56. The van der Waals surface area contributed by atoms with Gasteiger partial charge in [0.05, 0.1) is 5.69 Å². The minimum absolute atomic E-state index is 0.603. The molecule has 0 saturated carbocycles. The maximum Gasteiger partial charge on any atom is 0.207 e. The van der Waals surface area contributed by atoms with Crippen molar-refractivity contribution in [3.05, 3.63) is 41.2 Å². The van der Waals surface area contributed by atoms with E-state index in [1.54, 1.807) is 0 Å². The Morgan fingerprint density at radius 1 is 1.14 bits per heavy atom. The Bertz CT molecular complexity index is 574. The molecule has 1 aromatic heterocycles. The van der Waals surface area contributed by atoms with Crippen molar-refractivity contribution < 1.29 is 0 Å². The fraction of sp³-hybridized carbons (Fsp3) is 0.500. The monoisotopic (exact) mass is 285 g/mol. The molecule has 0 amide bonds. The van der Waals surface area contributed by atoms with Crippen LogP contribution < -0.4 is 5.32 Å². The van der Waals surface area contributed by atoms with Crippen molar-refractivity contribution in [2.75, 3.05) is 5.32 Å². The SMILES string of the molecule is CCc1cccc(CC)c1Nc1nc(C)cn1CC(C)C. The predicted octanol–water partition coefficient (Wildman–Crippen LogP) is 4.72. The van der Waals surface area contributed by atoms with Crippen LogP contribution in [0.4, 0.5) is 11.6 Å². The summed E-state index contributed by atoms with van der Waals surface area (Å²) in [5.41, 5.74) is 5.00. The Morgan fingerprint density at radius 3 is 2.29 bits per heavy atom. The van der Waals surface area contributed by atoms with Crippen LogP contribution in [0.25, 0.3) is 0 Å². The van der Waals surface area contributed by atoms with Gasteiger partial charge in [-0.25, -0.2) is 4.98 Å². The lowest BCUT2D eigenvalue weighted by atomic mass is 10.0. The largest absolute Gasteiger partial charge is 0.325 e. The molecule has 0 fully saturated rings. The number of anilines is 2. The highest BCUT2D eigenvalue weighted by Crippen LogP contribution is 2.26. The molecule has 3 heteroatoms. The van der Waals surface area contributed by atoms with Crippen LogP contribution in [0.15, 0.2) is 24.4 Å². The first-order valence-electron chi connectivity index (χ1n) is 7.96. The Kier molecular flexibility index (Phi) is 5.05. The molecule has 2 rings (SSSR count). The van der Waals surface area contributed by atoms with Crippen LogP contribution in [0.3, 0.4) is 0 Å². The molecule has 21 heavy (non-hydrogen) atoms. The Hall–Kier alpha value is -1.77. The lowest BCUT2D eigenvalue weighted by Gasteiger charge is -2.17. The lowest BCUT2D eigenvalue weighted by molar-refractivity contribution is 0.527. The molecular weight excluding hydrogens is 258 g/mol. The van der Waals surface area contributed by atoms with Crippen molar-refractivity contribution in [1.82, 2.24) is 9.55 Å². The van der Waals surface area contributed by atoms with E-state index in [9.17, 15) is 0 Å². The van der Waals surface area contributed by atoms with Gasteiger partial charge in [-0.3, -0.25) is 0 Å². The smallest absolute Gasteiger partial charge is 0.207 e. The Morgan fingerprint density at radius 2 is 1.76 bits per heavy atom. The third kappa shape index (κ3) is 3.66. The van der Waals surface area contributed by atoms with E-state index in [1.807, 2.05) is 0 Å². The lowest BCUT2D eigenvalue weighted by Crippen LogP contribution is -2.09. The van der Waals surface area contributed by atoms with Crippen LogP contribution in [-0.4, -0.2) is 9.55 Å². The van der Waals surface area contributed by atoms with Gasteiger partial charge in [0, 0.05) is 18.4 Å². The van der Waals surface area contributed by atoms with E-state index in [-0.39, 0.29) is 0 Å². The highest BCUT2D eigenvalue weighted by Gasteiger charge is 2.11. The quantitative estimate of drug-likeness (QED) is 0.832. The zero-order valence-electron chi connectivity index (χ0n) is 13.9. The second-order valence-corrected chi connectivity index (χ2v) is 6.04. The van der Waals surface area contributed by atoms with Gasteiger partial charge in [0.2, 0.25) is 5.95 Å². The van der Waals surface area contributed by atoms with E-state index in [0.717, 1.165) is 31.0 Å². The molecule has 0 aliphatic carbocycles. The third-order valence-electron chi connectivity index (χ3n) is 3.69. The number of aromatic nitrogens is 2. The molecule has 1 N–H and O–H groups in total. The zero-order valence-corrected chi connectivity index (χ0v) is 13.9. The number of benzene rings is 1. The average molecular weight is 285 g/mol. The summed E-state index contributed by atoms with van der Waals surface area (Å²) in [7, 11) is 0. The van der Waals surface area contributed by atoms with E-state index in [4.69, 9.17) is 0 Å². The molecule has 0 saturated heterocycles. The molecule has 0 aliphatic heterocycles. The molecule has 0 aliphatic rings. The number of imidazole rings is 1. The maximum atomic E-state index is 4.66. The van der Waals surface area contributed by atoms with Crippen LogP contribution in [-0.2, 0) is 19.4 Å². The second-order valence-electron chi connectivity index (χ2n) is 6.04. The van der Waals surface area contributed by atoms with Crippen molar-refractivity contribution in [2.45, 2.75) is 54.0 Å². The summed E-state index contributed by atoms with van der Waals surface area (Å²) in [6.45, 7) is 11.9. The highest BCUT2D eigenvalue weighted by atomic mass is 15.2. The summed E-state index contributed by atoms with van der Waals surface area (Å²) in [5, 5.41) is 3.59. The maximum absolute atomic E-state index is 4.66. The van der Waals surface area contributed by atoms with Crippen molar-refractivity contribution in [3.8, 4) is 0 Å². The van der Waals surface area contributed by atoms with E-state index in [1.165, 1.54) is 16.8 Å². The number of para-hydroxylation sites is 1. The Labute approximate surface area is 128 Å². The average Bonchev–Trinajstić information content (AvgIpc) is 2.78. The van der Waals surface area contributed by atoms with Gasteiger partial charge in [-0.05, 0) is 36.8 Å². The number of rotatable bonds is 6. The fourth-order valence-electron chi connectivity index (χ4n) is 2.69. The van der Waals surface area contributed by atoms with Crippen LogP contribution in [0.1, 0.15) is 44.5 Å². The highest BCUT2D eigenvalue weighted by molar-refractivity contribution is 5.64. The van der Waals surface area contributed by atoms with E-state index >= 15 is 0 Å². The second kappa shape index (κ2) is 6.79. The summed E-state index contributed by atoms with van der Waals surface area (Å²) >= 11 is 0. The number of hydrogen-bond acceptors (Lipinski definition) is 2. The molecule has 2 aromatic rings. The van der Waals surface area contributed by atoms with Gasteiger partial charge in [0.1, 0.15) is 0 Å². The van der Waals surface area contributed by atoms with Crippen molar-refractivity contribution >= 4 is 11.6 Å². The third-order valence-corrected chi connectivity index (χ3v) is 3.69. The first-order chi connectivity index (χ1) is 10.0. The molecule has 0 atom stereocenters. The van der Waals surface area contributed by atoms with Crippen LogP contribution >= 0.6 is 0 Å². The summed E-state index contributed by atoms with van der Waals surface area (Å²) in [6, 6.07) is 6.54. The van der Waals surface area contributed by atoms with Crippen LogP contribution in [0.2, 0.25) is 0 Å². The molecule has 1 aromatic carbocycles. The van der Waals surface area contributed by atoms with Crippen molar-refractivity contribution in [1.29, 1.82) is 0 Å². The van der Waals surface area contributed by atoms with Gasteiger partial charge in [0.15, 0.2) is 0 Å². The topological polar surface area (TPSA) is 29.9 Å². The fourth-order valence-corrected chi connectivity index (χ4v) is 2.69. The van der Waals surface area contributed by atoms with Gasteiger partial charge in [0.25, 0.3) is 0 Å². The normalized spacial score (nSPS) is 11.1. The van der Waals surface area contributed by atoms with Gasteiger partial charge >= 0.3 is 0 Å². The summed E-state index contributed by atoms with van der Waals surface area (Å²) < 4.78 is 2.23. The molecule has 114 valence electrons. The zero-order chi connectivity index (χ0) is 15.4. The van der Waals surface area contributed by atoms with E-state index in [2.05, 4.69) is 73.9 Å². The minimum Gasteiger partial charge on any atom is -0.325 e. The number of hydrogen-bond donors (Lipinski definition) is 1. The molecule has 0 bridgehead atoms. The van der Waals surface area contributed by atoms with Gasteiger partial charge < -0.3 is 9.88 Å². The van der Waals surface area contributed by atoms with Gasteiger partial charge in [-0.2, -0.15) is 0 Å². The minimum atomic E-state index is 0.603. The number of nitrogens with one attached hydrogen (secondary N) is 1. The number of nitrogens with zero attached hydrogens (tertiary/aromatic N) is 2. The van der Waals surface area contributed by atoms with E-state index < -0.39 is 0 Å². The molecular formula is C18H27N3.